The molecule has 3 nitrogen and oxygen atoms in total. The lowest BCUT2D eigenvalue weighted by molar-refractivity contribution is 0.371. The van der Waals surface area contributed by atoms with Gasteiger partial charge < -0.3 is 15.2 Å². The molecule has 0 bridgehead atoms. The topological polar surface area (TPSA) is 41.5 Å². The molecule has 0 amide bonds. The Bertz CT molecular complexity index is 590. The van der Waals surface area contributed by atoms with E-state index in [4.69, 9.17) is 16.3 Å². The molecule has 19 heavy (non-hydrogen) atoms. The first-order valence-electron chi connectivity index (χ1n) is 5.65. The highest BCUT2D eigenvalue weighted by molar-refractivity contribution is 9.10. The minimum absolute atomic E-state index is 0.153. The molecule has 100 valence electrons. The monoisotopic (exact) mass is 341 g/mol. The van der Waals surface area contributed by atoms with Gasteiger partial charge in [-0.1, -0.05) is 23.7 Å². The third kappa shape index (κ3) is 3.33. The molecule has 2 rings (SSSR count). The van der Waals surface area contributed by atoms with E-state index in [1.165, 1.54) is 7.11 Å². The van der Waals surface area contributed by atoms with Crippen LogP contribution in [0.2, 0.25) is 5.02 Å². The molecule has 0 radical (unpaired) electrons. The molecule has 0 saturated heterocycles. The van der Waals surface area contributed by atoms with E-state index >= 15 is 0 Å². The summed E-state index contributed by atoms with van der Waals surface area (Å²) >= 11 is 9.36. The number of hydrogen-bond acceptors (Lipinski definition) is 3. The van der Waals surface area contributed by atoms with Crippen LogP contribution in [0.15, 0.2) is 40.9 Å². The maximum absolute atomic E-state index is 9.97. The summed E-state index contributed by atoms with van der Waals surface area (Å²) in [5.74, 6) is 0.619. The minimum atomic E-state index is 0.153. The molecule has 0 saturated carbocycles. The largest absolute Gasteiger partial charge is 0.504 e. The van der Waals surface area contributed by atoms with Crippen LogP contribution < -0.4 is 10.1 Å². The summed E-state index contributed by atoms with van der Waals surface area (Å²) in [7, 11) is 1.53. The van der Waals surface area contributed by atoms with Gasteiger partial charge in [-0.3, -0.25) is 0 Å². The first-order chi connectivity index (χ1) is 9.11. The molecule has 0 aliphatic rings. The van der Waals surface area contributed by atoms with E-state index in [-0.39, 0.29) is 5.75 Å². The van der Waals surface area contributed by atoms with Crippen molar-refractivity contribution in [2.24, 2.45) is 0 Å². The van der Waals surface area contributed by atoms with Crippen LogP contribution in [0, 0.1) is 0 Å². The standard InChI is InChI=1S/C14H13BrClNO2/c1-19-13-4-2-3-9(14(13)18)8-17-10-5-6-11(15)12(16)7-10/h2-7,17-18H,8H2,1H3. The van der Waals surface area contributed by atoms with Gasteiger partial charge in [0, 0.05) is 22.3 Å². The summed E-state index contributed by atoms with van der Waals surface area (Å²) in [4.78, 5) is 0. The Hall–Kier alpha value is -1.39. The number of phenolic OH excluding ortho intramolecular Hbond substituents is 1. The van der Waals surface area contributed by atoms with Crippen LogP contribution in [-0.4, -0.2) is 12.2 Å². The highest BCUT2D eigenvalue weighted by Gasteiger charge is 2.07. The van der Waals surface area contributed by atoms with Crippen molar-refractivity contribution in [3.63, 3.8) is 0 Å². The number of para-hydroxylation sites is 1. The molecule has 5 heteroatoms. The van der Waals surface area contributed by atoms with E-state index in [9.17, 15) is 5.11 Å². The number of methoxy groups -OCH3 is 1. The van der Waals surface area contributed by atoms with Crippen LogP contribution in [0.1, 0.15) is 5.56 Å². The molecule has 0 unspecified atom stereocenters. The number of nitrogens with one attached hydrogen (secondary N) is 1. The van der Waals surface area contributed by atoms with Gasteiger partial charge in [-0.05, 0) is 40.2 Å². The fourth-order valence-electron chi connectivity index (χ4n) is 1.68. The Morgan fingerprint density at radius 1 is 1.32 bits per heavy atom. The highest BCUT2D eigenvalue weighted by Crippen LogP contribution is 2.30. The second-order valence-corrected chi connectivity index (χ2v) is 5.21. The van der Waals surface area contributed by atoms with Gasteiger partial charge in [0.15, 0.2) is 11.5 Å². The predicted molar refractivity (Wildman–Crippen MR) is 81.1 cm³/mol. The Kier molecular flexibility index (Phi) is 4.56. The Balaban J connectivity index is 2.12. The van der Waals surface area contributed by atoms with Crippen LogP contribution in [0.3, 0.4) is 0 Å². The number of rotatable bonds is 4. The number of hydrogen-bond donors (Lipinski definition) is 2. The third-order valence-corrected chi connectivity index (χ3v) is 3.94. The molecular formula is C14H13BrClNO2. The maximum Gasteiger partial charge on any atom is 0.162 e. The smallest absolute Gasteiger partial charge is 0.162 e. The molecule has 0 spiro atoms. The fraction of sp³-hybridized carbons (Fsp3) is 0.143. The van der Waals surface area contributed by atoms with Crippen molar-refractivity contribution in [3.05, 3.63) is 51.5 Å². The summed E-state index contributed by atoms with van der Waals surface area (Å²) in [5, 5.41) is 13.8. The van der Waals surface area contributed by atoms with Crippen molar-refractivity contribution in [2.75, 3.05) is 12.4 Å². The van der Waals surface area contributed by atoms with Crippen molar-refractivity contribution in [2.45, 2.75) is 6.54 Å². The Labute approximate surface area is 125 Å². The molecule has 0 aliphatic carbocycles. The van der Waals surface area contributed by atoms with Crippen LogP contribution >= 0.6 is 27.5 Å². The normalized spacial score (nSPS) is 10.3. The van der Waals surface area contributed by atoms with E-state index in [1.807, 2.05) is 30.3 Å². The van der Waals surface area contributed by atoms with Crippen LogP contribution in [-0.2, 0) is 6.54 Å². The molecule has 2 N–H and O–H groups in total. The summed E-state index contributed by atoms with van der Waals surface area (Å²) in [6, 6.07) is 11.0. The second-order valence-electron chi connectivity index (χ2n) is 3.95. The minimum Gasteiger partial charge on any atom is -0.504 e. The lowest BCUT2D eigenvalue weighted by Gasteiger charge is -2.11. The van der Waals surface area contributed by atoms with Gasteiger partial charge in [-0.25, -0.2) is 0 Å². The van der Waals surface area contributed by atoms with Gasteiger partial charge in [-0.15, -0.1) is 0 Å². The van der Waals surface area contributed by atoms with Gasteiger partial charge in [0.05, 0.1) is 12.1 Å². The average Bonchev–Trinajstić information content (AvgIpc) is 2.41. The van der Waals surface area contributed by atoms with Gasteiger partial charge in [0.1, 0.15) is 0 Å². The van der Waals surface area contributed by atoms with Crippen molar-refractivity contribution < 1.29 is 9.84 Å². The van der Waals surface area contributed by atoms with E-state index in [0.29, 0.717) is 17.3 Å². The fourth-order valence-corrected chi connectivity index (χ4v) is 2.11. The maximum atomic E-state index is 9.97. The number of aromatic hydroxyl groups is 1. The van der Waals surface area contributed by atoms with Crippen LogP contribution in [0.25, 0.3) is 0 Å². The summed E-state index contributed by atoms with van der Waals surface area (Å²) in [6.07, 6.45) is 0. The molecule has 0 aromatic heterocycles. The molecule has 0 atom stereocenters. The number of phenols is 1. The van der Waals surface area contributed by atoms with Crippen molar-refractivity contribution in [1.29, 1.82) is 0 Å². The molecular weight excluding hydrogens is 330 g/mol. The Morgan fingerprint density at radius 2 is 2.11 bits per heavy atom. The van der Waals surface area contributed by atoms with E-state index in [0.717, 1.165) is 15.7 Å². The average molecular weight is 343 g/mol. The zero-order chi connectivity index (χ0) is 13.8. The zero-order valence-corrected chi connectivity index (χ0v) is 12.6. The van der Waals surface area contributed by atoms with E-state index in [2.05, 4.69) is 21.2 Å². The van der Waals surface area contributed by atoms with Gasteiger partial charge in [0.25, 0.3) is 0 Å². The summed E-state index contributed by atoms with van der Waals surface area (Å²) in [6.45, 7) is 0.487. The zero-order valence-electron chi connectivity index (χ0n) is 10.3. The molecule has 2 aromatic carbocycles. The molecule has 2 aromatic rings. The number of halogens is 2. The summed E-state index contributed by atoms with van der Waals surface area (Å²) < 4.78 is 5.92. The van der Waals surface area contributed by atoms with Crippen LogP contribution in [0.4, 0.5) is 5.69 Å². The second kappa shape index (κ2) is 6.17. The molecule has 0 fully saturated rings. The third-order valence-electron chi connectivity index (χ3n) is 2.71. The molecule has 0 heterocycles. The molecule has 0 aliphatic heterocycles. The van der Waals surface area contributed by atoms with Crippen molar-refractivity contribution >= 4 is 33.2 Å². The van der Waals surface area contributed by atoms with Gasteiger partial charge >= 0.3 is 0 Å². The Morgan fingerprint density at radius 3 is 2.79 bits per heavy atom. The lowest BCUT2D eigenvalue weighted by atomic mass is 10.2. The van der Waals surface area contributed by atoms with Gasteiger partial charge in [-0.2, -0.15) is 0 Å². The lowest BCUT2D eigenvalue weighted by Crippen LogP contribution is -2.00. The SMILES string of the molecule is COc1cccc(CNc2ccc(Br)c(Cl)c2)c1O. The van der Waals surface area contributed by atoms with Gasteiger partial charge in [0.2, 0.25) is 0 Å². The van der Waals surface area contributed by atoms with E-state index < -0.39 is 0 Å². The number of anilines is 1. The summed E-state index contributed by atoms with van der Waals surface area (Å²) in [5.41, 5.74) is 1.65. The predicted octanol–water partition coefficient (Wildman–Crippen LogP) is 4.43. The number of ether oxygens (including phenoxy) is 1. The van der Waals surface area contributed by atoms with Crippen molar-refractivity contribution in [3.8, 4) is 11.5 Å². The van der Waals surface area contributed by atoms with Crippen LogP contribution in [0.5, 0.6) is 11.5 Å². The first-order valence-corrected chi connectivity index (χ1v) is 6.82. The van der Waals surface area contributed by atoms with E-state index in [1.54, 1.807) is 6.07 Å². The quantitative estimate of drug-likeness (QED) is 0.863. The first kappa shape index (κ1) is 14.0. The van der Waals surface area contributed by atoms with Crippen molar-refractivity contribution in [1.82, 2.24) is 0 Å². The highest BCUT2D eigenvalue weighted by atomic mass is 79.9. The number of benzene rings is 2.